The first-order valence-electron chi connectivity index (χ1n) is 6.61. The number of benzene rings is 1. The second-order valence-electron chi connectivity index (χ2n) is 5.23. The molecule has 2 aromatic rings. The molecule has 20 heavy (non-hydrogen) atoms. The Bertz CT molecular complexity index is 611. The topological polar surface area (TPSA) is 42.2 Å². The molecular formula is C16H20FN3. The summed E-state index contributed by atoms with van der Waals surface area (Å²) in [5.74, 6) is -0.204. The third kappa shape index (κ3) is 3.33. The molecule has 0 aliphatic rings. The van der Waals surface area contributed by atoms with Gasteiger partial charge in [0.15, 0.2) is 0 Å². The van der Waals surface area contributed by atoms with E-state index in [1.165, 1.54) is 6.07 Å². The smallest absolute Gasteiger partial charge is 0.123 e. The number of rotatable bonds is 4. The standard InChI is InChI=1S/C16H20FN3/c1-11-8-19-15(12(2)16(11)18)10-20(3)9-13-5-4-6-14(17)7-13/h4-8H,9-10H2,1-3H3,(H2,18,19). The van der Waals surface area contributed by atoms with E-state index in [4.69, 9.17) is 5.73 Å². The Morgan fingerprint density at radius 1 is 1.25 bits per heavy atom. The highest BCUT2D eigenvalue weighted by molar-refractivity contribution is 5.53. The quantitative estimate of drug-likeness (QED) is 0.931. The van der Waals surface area contributed by atoms with Crippen molar-refractivity contribution >= 4 is 5.69 Å². The van der Waals surface area contributed by atoms with Gasteiger partial charge in [0.2, 0.25) is 0 Å². The van der Waals surface area contributed by atoms with Crippen LogP contribution in [-0.4, -0.2) is 16.9 Å². The van der Waals surface area contributed by atoms with E-state index in [1.54, 1.807) is 18.3 Å². The highest BCUT2D eigenvalue weighted by Gasteiger charge is 2.09. The monoisotopic (exact) mass is 273 g/mol. The Kier molecular flexibility index (Phi) is 4.35. The Hall–Kier alpha value is -1.94. The summed E-state index contributed by atoms with van der Waals surface area (Å²) < 4.78 is 13.2. The summed E-state index contributed by atoms with van der Waals surface area (Å²) in [5, 5.41) is 0. The molecule has 2 rings (SSSR count). The van der Waals surface area contributed by atoms with Gasteiger partial charge in [-0.2, -0.15) is 0 Å². The first kappa shape index (κ1) is 14.5. The van der Waals surface area contributed by atoms with Gasteiger partial charge >= 0.3 is 0 Å². The molecule has 0 aliphatic carbocycles. The summed E-state index contributed by atoms with van der Waals surface area (Å²) in [4.78, 5) is 6.54. The van der Waals surface area contributed by atoms with E-state index >= 15 is 0 Å². The van der Waals surface area contributed by atoms with Gasteiger partial charge < -0.3 is 5.73 Å². The molecule has 0 atom stereocenters. The average molecular weight is 273 g/mol. The van der Waals surface area contributed by atoms with E-state index in [0.29, 0.717) is 13.1 Å². The number of pyridine rings is 1. The van der Waals surface area contributed by atoms with E-state index in [-0.39, 0.29) is 5.82 Å². The zero-order chi connectivity index (χ0) is 14.7. The number of halogens is 1. The Balaban J connectivity index is 2.08. The Morgan fingerprint density at radius 2 is 2.00 bits per heavy atom. The second-order valence-corrected chi connectivity index (χ2v) is 5.23. The van der Waals surface area contributed by atoms with Gasteiger partial charge in [0.25, 0.3) is 0 Å². The van der Waals surface area contributed by atoms with Gasteiger partial charge in [-0.3, -0.25) is 9.88 Å². The van der Waals surface area contributed by atoms with Crippen molar-refractivity contribution in [2.24, 2.45) is 0 Å². The number of aryl methyl sites for hydroxylation is 1. The fraction of sp³-hybridized carbons (Fsp3) is 0.312. The number of anilines is 1. The van der Waals surface area contributed by atoms with Crippen molar-refractivity contribution in [1.82, 2.24) is 9.88 Å². The van der Waals surface area contributed by atoms with Crippen LogP contribution in [-0.2, 0) is 13.1 Å². The van der Waals surface area contributed by atoms with Crippen molar-refractivity contribution in [3.05, 3.63) is 58.7 Å². The highest BCUT2D eigenvalue weighted by Crippen LogP contribution is 2.19. The lowest BCUT2D eigenvalue weighted by molar-refractivity contribution is 0.314. The molecule has 0 amide bonds. The molecule has 0 saturated heterocycles. The summed E-state index contributed by atoms with van der Waals surface area (Å²) in [5.41, 5.74) is 10.8. The van der Waals surface area contributed by atoms with Crippen LogP contribution in [0, 0.1) is 19.7 Å². The van der Waals surface area contributed by atoms with Crippen LogP contribution in [0.1, 0.15) is 22.4 Å². The predicted molar refractivity (Wildman–Crippen MR) is 79.7 cm³/mol. The van der Waals surface area contributed by atoms with E-state index in [1.807, 2.05) is 27.0 Å². The Labute approximate surface area is 119 Å². The van der Waals surface area contributed by atoms with Crippen molar-refractivity contribution in [3.63, 3.8) is 0 Å². The van der Waals surface area contributed by atoms with Gasteiger partial charge in [-0.15, -0.1) is 0 Å². The van der Waals surface area contributed by atoms with Crippen molar-refractivity contribution in [3.8, 4) is 0 Å². The summed E-state index contributed by atoms with van der Waals surface area (Å²) in [6.07, 6.45) is 1.80. The number of nitrogens with zero attached hydrogens (tertiary/aromatic N) is 2. The molecule has 0 spiro atoms. The van der Waals surface area contributed by atoms with Gasteiger partial charge in [-0.1, -0.05) is 12.1 Å². The SMILES string of the molecule is Cc1cnc(CN(C)Cc2cccc(F)c2)c(C)c1N. The minimum Gasteiger partial charge on any atom is -0.398 e. The zero-order valence-electron chi connectivity index (χ0n) is 12.2. The van der Waals surface area contributed by atoms with Crippen LogP contribution in [0.25, 0.3) is 0 Å². The minimum atomic E-state index is -0.204. The molecule has 2 N–H and O–H groups in total. The number of hydrogen-bond acceptors (Lipinski definition) is 3. The summed E-state index contributed by atoms with van der Waals surface area (Å²) in [6.45, 7) is 5.30. The fourth-order valence-electron chi connectivity index (χ4n) is 2.21. The largest absolute Gasteiger partial charge is 0.398 e. The molecule has 0 fully saturated rings. The van der Waals surface area contributed by atoms with Crippen LogP contribution < -0.4 is 5.73 Å². The average Bonchev–Trinajstić information content (AvgIpc) is 2.39. The minimum absolute atomic E-state index is 0.204. The van der Waals surface area contributed by atoms with Crippen LogP contribution in [0.2, 0.25) is 0 Å². The van der Waals surface area contributed by atoms with Crippen LogP contribution in [0.3, 0.4) is 0 Å². The molecule has 0 saturated carbocycles. The molecule has 1 aromatic heterocycles. The normalized spacial score (nSPS) is 11.1. The fourth-order valence-corrected chi connectivity index (χ4v) is 2.21. The van der Waals surface area contributed by atoms with E-state index in [0.717, 1.165) is 28.1 Å². The highest BCUT2D eigenvalue weighted by atomic mass is 19.1. The van der Waals surface area contributed by atoms with Crippen molar-refractivity contribution in [2.45, 2.75) is 26.9 Å². The third-order valence-corrected chi connectivity index (χ3v) is 3.44. The first-order valence-corrected chi connectivity index (χ1v) is 6.61. The van der Waals surface area contributed by atoms with Crippen LogP contribution >= 0.6 is 0 Å². The third-order valence-electron chi connectivity index (χ3n) is 3.44. The van der Waals surface area contributed by atoms with E-state index in [2.05, 4.69) is 9.88 Å². The molecule has 106 valence electrons. The molecule has 0 aliphatic heterocycles. The Morgan fingerprint density at radius 3 is 2.70 bits per heavy atom. The first-order chi connectivity index (χ1) is 9.47. The van der Waals surface area contributed by atoms with Gasteiger partial charge in [0.1, 0.15) is 5.82 Å². The molecular weight excluding hydrogens is 253 g/mol. The van der Waals surface area contributed by atoms with Gasteiger partial charge in [0, 0.05) is 25.0 Å². The summed E-state index contributed by atoms with van der Waals surface area (Å²) in [6, 6.07) is 6.66. The molecule has 3 nitrogen and oxygen atoms in total. The molecule has 4 heteroatoms. The number of nitrogens with two attached hydrogens (primary N) is 1. The van der Waals surface area contributed by atoms with Crippen LogP contribution in [0.15, 0.2) is 30.5 Å². The van der Waals surface area contributed by atoms with E-state index in [9.17, 15) is 4.39 Å². The summed E-state index contributed by atoms with van der Waals surface area (Å²) in [7, 11) is 1.99. The van der Waals surface area contributed by atoms with Crippen molar-refractivity contribution < 1.29 is 4.39 Å². The van der Waals surface area contributed by atoms with Gasteiger partial charge in [0.05, 0.1) is 5.69 Å². The van der Waals surface area contributed by atoms with E-state index < -0.39 is 0 Å². The molecule has 0 unspecified atom stereocenters. The molecule has 1 heterocycles. The lowest BCUT2D eigenvalue weighted by Gasteiger charge is -2.18. The van der Waals surface area contributed by atoms with Gasteiger partial charge in [-0.25, -0.2) is 4.39 Å². The maximum atomic E-state index is 13.2. The predicted octanol–water partition coefficient (Wildman–Crippen LogP) is 3.05. The maximum absolute atomic E-state index is 13.2. The van der Waals surface area contributed by atoms with Crippen molar-refractivity contribution in [1.29, 1.82) is 0 Å². The number of aromatic nitrogens is 1. The number of hydrogen-bond donors (Lipinski definition) is 1. The molecule has 1 aromatic carbocycles. The maximum Gasteiger partial charge on any atom is 0.123 e. The number of nitrogen functional groups attached to an aromatic ring is 1. The zero-order valence-corrected chi connectivity index (χ0v) is 12.2. The van der Waals surface area contributed by atoms with Crippen molar-refractivity contribution in [2.75, 3.05) is 12.8 Å². The molecule has 0 bridgehead atoms. The summed E-state index contributed by atoms with van der Waals surface area (Å²) >= 11 is 0. The molecule has 0 radical (unpaired) electrons. The van der Waals surface area contributed by atoms with Crippen LogP contribution in [0.5, 0.6) is 0 Å². The van der Waals surface area contributed by atoms with Crippen LogP contribution in [0.4, 0.5) is 10.1 Å². The second kappa shape index (κ2) is 6.01. The lowest BCUT2D eigenvalue weighted by Crippen LogP contribution is -2.19. The lowest BCUT2D eigenvalue weighted by atomic mass is 10.1. The van der Waals surface area contributed by atoms with Gasteiger partial charge in [-0.05, 0) is 49.7 Å².